The molecule has 0 aromatic heterocycles. The first-order valence-electron chi connectivity index (χ1n) is 7.49. The van der Waals surface area contributed by atoms with Gasteiger partial charge in [0.15, 0.2) is 0 Å². The van der Waals surface area contributed by atoms with Gasteiger partial charge in [-0.3, -0.25) is 10.2 Å². The molecule has 5 heteroatoms. The van der Waals surface area contributed by atoms with Crippen molar-refractivity contribution in [1.82, 2.24) is 5.43 Å². The van der Waals surface area contributed by atoms with Crippen LogP contribution in [0.5, 0.6) is 0 Å². The van der Waals surface area contributed by atoms with Crippen molar-refractivity contribution in [2.24, 2.45) is 5.84 Å². The van der Waals surface area contributed by atoms with Gasteiger partial charge >= 0.3 is 0 Å². The number of ether oxygens (including phenoxy) is 2. The molecule has 0 bridgehead atoms. The maximum Gasteiger partial charge on any atom is 0.241 e. The molecule has 2 atom stereocenters. The summed E-state index contributed by atoms with van der Waals surface area (Å²) in [5.41, 5.74) is 4.21. The third kappa shape index (κ3) is 4.81. The molecule has 21 heavy (non-hydrogen) atoms. The molecule has 1 aromatic rings. The van der Waals surface area contributed by atoms with E-state index in [0.717, 1.165) is 30.6 Å². The van der Waals surface area contributed by atoms with E-state index in [-0.39, 0.29) is 17.9 Å². The summed E-state index contributed by atoms with van der Waals surface area (Å²) >= 11 is 0. The second-order valence-electron chi connectivity index (χ2n) is 5.48. The van der Waals surface area contributed by atoms with Crippen LogP contribution in [0.3, 0.4) is 0 Å². The Kier molecular flexibility index (Phi) is 6.17. The highest BCUT2D eigenvalue weighted by molar-refractivity contribution is 5.82. The van der Waals surface area contributed by atoms with Crippen LogP contribution in [-0.2, 0) is 20.9 Å². The predicted molar refractivity (Wildman–Crippen MR) is 80.4 cm³/mol. The number of hydrazine groups is 1. The Morgan fingerprint density at radius 2 is 2.19 bits per heavy atom. The lowest BCUT2D eigenvalue weighted by atomic mass is 9.99. The van der Waals surface area contributed by atoms with Crippen molar-refractivity contribution in [3.05, 3.63) is 35.4 Å². The molecule has 1 aliphatic rings. The lowest BCUT2D eigenvalue weighted by Gasteiger charge is -2.22. The van der Waals surface area contributed by atoms with Crippen molar-refractivity contribution in [2.45, 2.75) is 44.8 Å². The molecule has 1 aliphatic heterocycles. The van der Waals surface area contributed by atoms with Gasteiger partial charge in [0.05, 0.1) is 25.2 Å². The van der Waals surface area contributed by atoms with E-state index in [2.05, 4.69) is 5.43 Å². The second-order valence-corrected chi connectivity index (χ2v) is 5.48. The number of rotatable bonds is 6. The third-order valence-electron chi connectivity index (χ3n) is 3.86. The van der Waals surface area contributed by atoms with Crippen LogP contribution in [0.25, 0.3) is 0 Å². The molecule has 1 fully saturated rings. The second kappa shape index (κ2) is 8.12. The average Bonchev–Trinajstić information content (AvgIpc) is 2.55. The largest absolute Gasteiger partial charge is 0.376 e. The highest BCUT2D eigenvalue weighted by Gasteiger charge is 2.15. The van der Waals surface area contributed by atoms with Gasteiger partial charge in [-0.05, 0) is 37.3 Å². The molecule has 1 saturated heterocycles. The molecule has 0 radical (unpaired) electrons. The zero-order valence-corrected chi connectivity index (χ0v) is 12.5. The van der Waals surface area contributed by atoms with Crippen LogP contribution >= 0.6 is 0 Å². The molecule has 1 heterocycles. The first-order valence-corrected chi connectivity index (χ1v) is 7.49. The van der Waals surface area contributed by atoms with Gasteiger partial charge in [-0.15, -0.1) is 0 Å². The summed E-state index contributed by atoms with van der Waals surface area (Å²) in [4.78, 5) is 11.5. The fourth-order valence-corrected chi connectivity index (χ4v) is 2.43. The number of carbonyl (C=O) groups excluding carboxylic acids is 1. The van der Waals surface area contributed by atoms with Crippen molar-refractivity contribution in [1.29, 1.82) is 0 Å². The van der Waals surface area contributed by atoms with E-state index in [1.807, 2.05) is 31.2 Å². The van der Waals surface area contributed by atoms with Crippen molar-refractivity contribution in [2.75, 3.05) is 13.2 Å². The van der Waals surface area contributed by atoms with Crippen molar-refractivity contribution >= 4 is 5.91 Å². The molecule has 0 spiro atoms. The van der Waals surface area contributed by atoms with Gasteiger partial charge in [0.1, 0.15) is 0 Å². The van der Waals surface area contributed by atoms with Crippen LogP contribution in [0.1, 0.15) is 43.2 Å². The van der Waals surface area contributed by atoms with E-state index in [0.29, 0.717) is 13.2 Å². The van der Waals surface area contributed by atoms with Gasteiger partial charge in [-0.2, -0.15) is 0 Å². The topological polar surface area (TPSA) is 73.6 Å². The molecule has 3 N–H and O–H groups in total. The fourth-order valence-electron chi connectivity index (χ4n) is 2.43. The van der Waals surface area contributed by atoms with Gasteiger partial charge < -0.3 is 9.47 Å². The zero-order valence-electron chi connectivity index (χ0n) is 12.5. The number of nitrogens with one attached hydrogen (secondary N) is 1. The average molecular weight is 292 g/mol. The van der Waals surface area contributed by atoms with Crippen molar-refractivity contribution in [3.8, 4) is 0 Å². The minimum Gasteiger partial charge on any atom is -0.376 e. The Morgan fingerprint density at radius 1 is 1.43 bits per heavy atom. The number of benzene rings is 1. The van der Waals surface area contributed by atoms with Crippen molar-refractivity contribution < 1.29 is 14.3 Å². The first-order chi connectivity index (χ1) is 10.2. The molecule has 1 aromatic carbocycles. The lowest BCUT2D eigenvalue weighted by molar-refractivity contribution is -0.122. The minimum atomic E-state index is -0.249. The SMILES string of the molecule is CC(C(=O)NN)c1ccc(COCC2CCCCO2)cc1. The number of nitrogens with two attached hydrogens (primary N) is 1. The molecule has 0 saturated carbocycles. The predicted octanol–water partition coefficient (Wildman–Crippen LogP) is 1.87. The zero-order chi connectivity index (χ0) is 15.1. The van der Waals surface area contributed by atoms with Crippen LogP contribution in [0.2, 0.25) is 0 Å². The number of hydrogen-bond donors (Lipinski definition) is 2. The van der Waals surface area contributed by atoms with Crippen LogP contribution in [0.4, 0.5) is 0 Å². The van der Waals surface area contributed by atoms with Crippen LogP contribution in [-0.4, -0.2) is 25.2 Å². The summed E-state index contributed by atoms with van der Waals surface area (Å²) < 4.78 is 11.3. The van der Waals surface area contributed by atoms with E-state index in [1.165, 1.54) is 6.42 Å². The summed E-state index contributed by atoms with van der Waals surface area (Å²) in [5, 5.41) is 0. The maximum absolute atomic E-state index is 11.5. The Labute approximate surface area is 125 Å². The van der Waals surface area contributed by atoms with E-state index >= 15 is 0 Å². The molecule has 0 aliphatic carbocycles. The van der Waals surface area contributed by atoms with Crippen molar-refractivity contribution in [3.63, 3.8) is 0 Å². The molecular weight excluding hydrogens is 268 g/mol. The Bertz CT molecular complexity index is 441. The quantitative estimate of drug-likeness (QED) is 0.477. The fraction of sp³-hybridized carbons (Fsp3) is 0.562. The van der Waals surface area contributed by atoms with Crippen LogP contribution in [0, 0.1) is 0 Å². The maximum atomic E-state index is 11.5. The lowest BCUT2D eigenvalue weighted by Crippen LogP contribution is -2.33. The Hall–Kier alpha value is -1.43. The summed E-state index contributed by atoms with van der Waals surface area (Å²) in [6, 6.07) is 7.85. The summed E-state index contributed by atoms with van der Waals surface area (Å²) in [5.74, 6) is 4.71. The van der Waals surface area contributed by atoms with E-state index in [1.54, 1.807) is 0 Å². The number of hydrogen-bond acceptors (Lipinski definition) is 4. The smallest absolute Gasteiger partial charge is 0.241 e. The summed E-state index contributed by atoms with van der Waals surface area (Å²) in [7, 11) is 0. The molecule has 2 rings (SSSR count). The van der Waals surface area contributed by atoms with Gasteiger partial charge in [-0.25, -0.2) is 5.84 Å². The van der Waals surface area contributed by atoms with E-state index in [9.17, 15) is 4.79 Å². The van der Waals surface area contributed by atoms with Gasteiger partial charge in [-0.1, -0.05) is 24.3 Å². The molecule has 2 unspecified atom stereocenters. The van der Waals surface area contributed by atoms with E-state index < -0.39 is 0 Å². The monoisotopic (exact) mass is 292 g/mol. The van der Waals surface area contributed by atoms with Crippen LogP contribution in [0.15, 0.2) is 24.3 Å². The highest BCUT2D eigenvalue weighted by atomic mass is 16.5. The van der Waals surface area contributed by atoms with Gasteiger partial charge in [0, 0.05) is 6.61 Å². The Morgan fingerprint density at radius 3 is 2.81 bits per heavy atom. The molecule has 1 amide bonds. The van der Waals surface area contributed by atoms with Crippen LogP contribution < -0.4 is 11.3 Å². The normalized spacial score (nSPS) is 20.0. The number of carbonyl (C=O) groups is 1. The minimum absolute atomic E-state index is 0.187. The summed E-state index contributed by atoms with van der Waals surface area (Å²) in [6.45, 7) is 3.89. The van der Waals surface area contributed by atoms with Gasteiger partial charge in [0.25, 0.3) is 0 Å². The molecule has 5 nitrogen and oxygen atoms in total. The number of amides is 1. The molecule has 116 valence electrons. The Balaban J connectivity index is 1.78. The molecular formula is C16H24N2O3. The highest BCUT2D eigenvalue weighted by Crippen LogP contribution is 2.17. The van der Waals surface area contributed by atoms with Gasteiger partial charge in [0.2, 0.25) is 5.91 Å². The standard InChI is InChI=1S/C16H24N2O3/c1-12(16(19)18-17)14-7-5-13(6-8-14)10-20-11-15-4-2-3-9-21-15/h5-8,12,15H,2-4,9-11,17H2,1H3,(H,18,19). The third-order valence-corrected chi connectivity index (χ3v) is 3.86. The van der Waals surface area contributed by atoms with E-state index in [4.69, 9.17) is 15.3 Å². The summed E-state index contributed by atoms with van der Waals surface area (Å²) in [6.07, 6.45) is 3.72. The first kappa shape index (κ1) is 15.9.